The average molecular weight is 236 g/mol. The lowest BCUT2D eigenvalue weighted by atomic mass is 10.1. The maximum absolute atomic E-state index is 13.1. The van der Waals surface area contributed by atoms with Gasteiger partial charge < -0.3 is 5.73 Å². The van der Waals surface area contributed by atoms with E-state index in [-0.39, 0.29) is 5.82 Å². The first-order valence-corrected chi connectivity index (χ1v) is 5.99. The number of halogens is 1. The van der Waals surface area contributed by atoms with Gasteiger partial charge in [0.2, 0.25) is 0 Å². The molecule has 1 aromatic carbocycles. The maximum Gasteiger partial charge on any atom is 0.319 e. The molecule has 1 fully saturated rings. The Hall–Kier alpha value is -1.58. The van der Waals surface area contributed by atoms with Crippen molar-refractivity contribution in [2.45, 2.75) is 25.7 Å². The number of nitrogens with two attached hydrogens (primary N) is 1. The van der Waals surface area contributed by atoms with E-state index in [1.165, 1.54) is 29.9 Å². The molecule has 0 unspecified atom stereocenters. The molecule has 3 nitrogen and oxygen atoms in total. The third kappa shape index (κ3) is 2.96. The molecule has 0 heterocycles. The Bertz CT molecular complexity index is 402. The van der Waals surface area contributed by atoms with Crippen LogP contribution in [0.1, 0.15) is 25.7 Å². The number of carbonyl (C=O) groups is 1. The molecule has 1 aromatic rings. The maximum atomic E-state index is 13.1. The van der Waals surface area contributed by atoms with Crippen LogP contribution in [-0.2, 0) is 0 Å². The van der Waals surface area contributed by atoms with Crippen molar-refractivity contribution in [2.75, 3.05) is 11.4 Å². The lowest BCUT2D eigenvalue weighted by Crippen LogP contribution is -2.39. The van der Waals surface area contributed by atoms with Crippen LogP contribution in [0, 0.1) is 11.7 Å². The molecule has 0 aliphatic heterocycles. The Kier molecular flexibility index (Phi) is 3.61. The molecule has 4 heteroatoms. The summed E-state index contributed by atoms with van der Waals surface area (Å²) >= 11 is 0. The minimum absolute atomic E-state index is 0.347. The van der Waals surface area contributed by atoms with Crippen molar-refractivity contribution < 1.29 is 9.18 Å². The predicted molar refractivity (Wildman–Crippen MR) is 65.3 cm³/mol. The molecule has 0 atom stereocenters. The van der Waals surface area contributed by atoms with Gasteiger partial charge in [-0.3, -0.25) is 4.90 Å². The smallest absolute Gasteiger partial charge is 0.319 e. The first-order valence-electron chi connectivity index (χ1n) is 5.99. The molecular weight excluding hydrogens is 219 g/mol. The van der Waals surface area contributed by atoms with Crippen molar-refractivity contribution in [3.8, 4) is 0 Å². The van der Waals surface area contributed by atoms with E-state index in [1.807, 2.05) is 0 Å². The number of rotatable bonds is 3. The number of primary amides is 1. The van der Waals surface area contributed by atoms with E-state index in [0.717, 1.165) is 12.8 Å². The van der Waals surface area contributed by atoms with E-state index in [9.17, 15) is 9.18 Å². The molecule has 2 N–H and O–H groups in total. The van der Waals surface area contributed by atoms with Crippen LogP contribution in [0.15, 0.2) is 24.3 Å². The average Bonchev–Trinajstić information content (AvgIpc) is 2.78. The summed E-state index contributed by atoms with van der Waals surface area (Å²) in [4.78, 5) is 12.9. The number of hydrogen-bond acceptors (Lipinski definition) is 1. The molecular formula is C13H17FN2O. The number of benzene rings is 1. The van der Waals surface area contributed by atoms with Crippen molar-refractivity contribution in [3.63, 3.8) is 0 Å². The molecule has 0 saturated heterocycles. The lowest BCUT2D eigenvalue weighted by Gasteiger charge is -2.23. The Balaban J connectivity index is 2.13. The molecule has 0 spiro atoms. The second-order valence-corrected chi connectivity index (χ2v) is 4.58. The van der Waals surface area contributed by atoms with E-state index in [2.05, 4.69) is 0 Å². The SMILES string of the molecule is NC(=O)N(CC1CCCC1)c1cccc(F)c1. The van der Waals surface area contributed by atoms with Crippen LogP contribution < -0.4 is 10.6 Å². The minimum Gasteiger partial charge on any atom is -0.351 e. The molecule has 0 radical (unpaired) electrons. The van der Waals surface area contributed by atoms with Crippen molar-refractivity contribution in [1.29, 1.82) is 0 Å². The summed E-state index contributed by atoms with van der Waals surface area (Å²) in [5.74, 6) is 0.144. The van der Waals surface area contributed by atoms with Gasteiger partial charge in [-0.1, -0.05) is 18.9 Å². The van der Waals surface area contributed by atoms with Crippen molar-refractivity contribution in [3.05, 3.63) is 30.1 Å². The molecule has 1 aliphatic rings. The summed E-state index contributed by atoms with van der Waals surface area (Å²) in [6, 6.07) is 5.50. The van der Waals surface area contributed by atoms with Gasteiger partial charge >= 0.3 is 6.03 Å². The normalized spacial score (nSPS) is 16.1. The molecule has 1 saturated carbocycles. The van der Waals surface area contributed by atoms with Gasteiger partial charge in [-0.2, -0.15) is 0 Å². The lowest BCUT2D eigenvalue weighted by molar-refractivity contribution is 0.252. The van der Waals surface area contributed by atoms with Crippen LogP contribution in [0.3, 0.4) is 0 Å². The number of nitrogens with zero attached hydrogens (tertiary/aromatic N) is 1. The molecule has 0 aromatic heterocycles. The van der Waals surface area contributed by atoms with E-state index >= 15 is 0 Å². The molecule has 0 bridgehead atoms. The Morgan fingerprint density at radius 1 is 1.41 bits per heavy atom. The largest absolute Gasteiger partial charge is 0.351 e. The topological polar surface area (TPSA) is 46.3 Å². The second kappa shape index (κ2) is 5.17. The Morgan fingerprint density at radius 2 is 2.12 bits per heavy atom. The van der Waals surface area contributed by atoms with Crippen LogP contribution in [0.5, 0.6) is 0 Å². The highest BCUT2D eigenvalue weighted by atomic mass is 19.1. The fraction of sp³-hybridized carbons (Fsp3) is 0.462. The zero-order chi connectivity index (χ0) is 12.3. The number of anilines is 1. The van der Waals surface area contributed by atoms with Crippen molar-refractivity contribution in [1.82, 2.24) is 0 Å². The van der Waals surface area contributed by atoms with E-state index in [4.69, 9.17) is 5.73 Å². The molecule has 1 aliphatic carbocycles. The first kappa shape index (κ1) is 11.9. The van der Waals surface area contributed by atoms with Gasteiger partial charge in [-0.05, 0) is 37.0 Å². The number of amides is 2. The highest BCUT2D eigenvalue weighted by Gasteiger charge is 2.21. The molecule has 17 heavy (non-hydrogen) atoms. The quantitative estimate of drug-likeness (QED) is 0.861. The molecule has 2 rings (SSSR count). The minimum atomic E-state index is -0.512. The first-order chi connectivity index (χ1) is 8.16. The third-order valence-corrected chi connectivity index (χ3v) is 3.30. The highest BCUT2D eigenvalue weighted by Crippen LogP contribution is 2.27. The highest BCUT2D eigenvalue weighted by molar-refractivity contribution is 5.90. The summed E-state index contributed by atoms with van der Waals surface area (Å²) in [5, 5.41) is 0. The number of urea groups is 1. The van der Waals surface area contributed by atoms with E-state index < -0.39 is 6.03 Å². The van der Waals surface area contributed by atoms with Crippen LogP contribution >= 0.6 is 0 Å². The van der Waals surface area contributed by atoms with Gasteiger partial charge in [-0.25, -0.2) is 9.18 Å². The van der Waals surface area contributed by atoms with Gasteiger partial charge in [0, 0.05) is 12.2 Å². The van der Waals surface area contributed by atoms with Gasteiger partial charge in [0.05, 0.1) is 0 Å². The van der Waals surface area contributed by atoms with Crippen molar-refractivity contribution in [2.24, 2.45) is 11.7 Å². The summed E-state index contributed by atoms with van der Waals surface area (Å²) in [6.07, 6.45) is 4.67. The van der Waals surface area contributed by atoms with Crippen LogP contribution in [0.25, 0.3) is 0 Å². The number of carbonyl (C=O) groups excluding carboxylic acids is 1. The summed E-state index contributed by atoms with van der Waals surface area (Å²) in [5.41, 5.74) is 5.91. The fourth-order valence-corrected chi connectivity index (χ4v) is 2.42. The van der Waals surface area contributed by atoms with Crippen LogP contribution in [0.2, 0.25) is 0 Å². The van der Waals surface area contributed by atoms with Gasteiger partial charge in [0.15, 0.2) is 0 Å². The van der Waals surface area contributed by atoms with Crippen LogP contribution in [0.4, 0.5) is 14.9 Å². The zero-order valence-electron chi connectivity index (χ0n) is 9.73. The summed E-state index contributed by atoms with van der Waals surface area (Å²) in [7, 11) is 0. The Labute approximate surface area is 100 Å². The van der Waals surface area contributed by atoms with E-state index in [1.54, 1.807) is 12.1 Å². The van der Waals surface area contributed by atoms with Crippen molar-refractivity contribution >= 4 is 11.7 Å². The summed E-state index contributed by atoms with van der Waals surface area (Å²) in [6.45, 7) is 0.596. The second-order valence-electron chi connectivity index (χ2n) is 4.58. The molecule has 2 amide bonds. The predicted octanol–water partition coefficient (Wildman–Crippen LogP) is 2.90. The van der Waals surface area contributed by atoms with Gasteiger partial charge in [-0.15, -0.1) is 0 Å². The van der Waals surface area contributed by atoms with E-state index in [0.29, 0.717) is 18.2 Å². The number of hydrogen-bond donors (Lipinski definition) is 1. The van der Waals surface area contributed by atoms with Gasteiger partial charge in [0.1, 0.15) is 5.82 Å². The van der Waals surface area contributed by atoms with Gasteiger partial charge in [0.25, 0.3) is 0 Å². The Morgan fingerprint density at radius 3 is 2.71 bits per heavy atom. The summed E-state index contributed by atoms with van der Waals surface area (Å²) < 4.78 is 13.1. The molecule has 92 valence electrons. The zero-order valence-corrected chi connectivity index (χ0v) is 9.73. The fourth-order valence-electron chi connectivity index (χ4n) is 2.42. The van der Waals surface area contributed by atoms with Crippen LogP contribution in [-0.4, -0.2) is 12.6 Å². The monoisotopic (exact) mass is 236 g/mol. The third-order valence-electron chi connectivity index (χ3n) is 3.30. The standard InChI is InChI=1S/C13H17FN2O/c14-11-6-3-7-12(8-11)16(13(15)17)9-10-4-1-2-5-10/h3,6-8,10H,1-2,4-5,9H2,(H2,15,17).